The first-order valence-corrected chi connectivity index (χ1v) is 6.66. The van der Waals surface area contributed by atoms with E-state index in [-0.39, 0.29) is 19.8 Å². The number of ether oxygens (including phenoxy) is 2. The Morgan fingerprint density at radius 1 is 0.857 bits per heavy atom. The van der Waals surface area contributed by atoms with Gasteiger partial charge in [-0.15, -0.1) is 0 Å². The van der Waals surface area contributed by atoms with Gasteiger partial charge in [-0.3, -0.25) is 0 Å². The van der Waals surface area contributed by atoms with Crippen LogP contribution in [0.15, 0.2) is 48.5 Å². The van der Waals surface area contributed by atoms with Crippen molar-refractivity contribution in [3.05, 3.63) is 54.1 Å². The molecule has 0 aliphatic heterocycles. The number of nitrogens with two attached hydrogens (primary N) is 1. The van der Waals surface area contributed by atoms with E-state index < -0.39 is 6.10 Å². The van der Waals surface area contributed by atoms with Gasteiger partial charge in [0.05, 0.1) is 6.61 Å². The number of benzene rings is 2. The van der Waals surface area contributed by atoms with Crippen molar-refractivity contribution < 1.29 is 19.7 Å². The smallest absolute Gasteiger partial charge is 0.122 e. The van der Waals surface area contributed by atoms with Crippen LogP contribution in [0.3, 0.4) is 0 Å². The Morgan fingerprint density at radius 3 is 1.81 bits per heavy atom. The number of rotatable bonds is 7. The predicted molar refractivity (Wildman–Crippen MR) is 80.2 cm³/mol. The van der Waals surface area contributed by atoms with E-state index in [4.69, 9.17) is 20.3 Å². The van der Waals surface area contributed by atoms with Crippen molar-refractivity contribution in [2.24, 2.45) is 0 Å². The summed E-state index contributed by atoms with van der Waals surface area (Å²) in [4.78, 5) is 0. The molecule has 0 aromatic heterocycles. The molecule has 112 valence electrons. The fraction of sp³-hybridized carbons (Fsp3) is 0.250. The second-order valence-electron chi connectivity index (χ2n) is 4.65. The average molecular weight is 289 g/mol. The lowest BCUT2D eigenvalue weighted by Gasteiger charge is -2.14. The van der Waals surface area contributed by atoms with Crippen molar-refractivity contribution in [2.45, 2.75) is 12.7 Å². The fourth-order valence-electron chi connectivity index (χ4n) is 1.69. The minimum atomic E-state index is -0.736. The van der Waals surface area contributed by atoms with Crippen LogP contribution < -0.4 is 15.2 Å². The lowest BCUT2D eigenvalue weighted by atomic mass is 10.2. The summed E-state index contributed by atoms with van der Waals surface area (Å²) in [6, 6.07) is 14.0. The Labute approximate surface area is 123 Å². The summed E-state index contributed by atoms with van der Waals surface area (Å²) >= 11 is 0. The quantitative estimate of drug-likeness (QED) is 0.674. The Kier molecular flexibility index (Phi) is 5.43. The maximum Gasteiger partial charge on any atom is 0.122 e. The first kappa shape index (κ1) is 15.2. The van der Waals surface area contributed by atoms with Gasteiger partial charge >= 0.3 is 0 Å². The largest absolute Gasteiger partial charge is 0.491 e. The first-order chi connectivity index (χ1) is 10.2. The highest BCUT2D eigenvalue weighted by molar-refractivity contribution is 5.41. The van der Waals surface area contributed by atoms with E-state index in [0.29, 0.717) is 17.2 Å². The van der Waals surface area contributed by atoms with Crippen molar-refractivity contribution in [1.29, 1.82) is 0 Å². The van der Waals surface area contributed by atoms with Crippen molar-refractivity contribution in [3.63, 3.8) is 0 Å². The molecule has 0 aliphatic rings. The third kappa shape index (κ3) is 4.98. The molecule has 5 heteroatoms. The topological polar surface area (TPSA) is 84.9 Å². The molecule has 0 aliphatic carbocycles. The summed E-state index contributed by atoms with van der Waals surface area (Å²) in [6.45, 7) is 0.268. The molecular formula is C16H19NO4. The van der Waals surface area contributed by atoms with Gasteiger partial charge in [-0.1, -0.05) is 12.1 Å². The van der Waals surface area contributed by atoms with Crippen LogP contribution in [0.1, 0.15) is 5.56 Å². The molecule has 2 aromatic carbocycles. The zero-order valence-corrected chi connectivity index (χ0v) is 11.6. The lowest BCUT2D eigenvalue weighted by molar-refractivity contribution is 0.0626. The molecule has 0 radical (unpaired) electrons. The molecule has 4 N–H and O–H groups in total. The van der Waals surface area contributed by atoms with Gasteiger partial charge in [-0.05, 0) is 42.0 Å². The Hall–Kier alpha value is -2.24. The van der Waals surface area contributed by atoms with Gasteiger partial charge in [-0.2, -0.15) is 0 Å². The van der Waals surface area contributed by atoms with Crippen LogP contribution in [0.25, 0.3) is 0 Å². The van der Waals surface area contributed by atoms with Crippen molar-refractivity contribution >= 4 is 5.69 Å². The lowest BCUT2D eigenvalue weighted by Crippen LogP contribution is -2.25. The molecule has 0 bridgehead atoms. The summed E-state index contributed by atoms with van der Waals surface area (Å²) in [5, 5.41) is 18.7. The number of aliphatic hydroxyl groups excluding tert-OH is 2. The molecule has 2 aromatic rings. The van der Waals surface area contributed by atoms with Gasteiger partial charge in [0.1, 0.15) is 30.8 Å². The highest BCUT2D eigenvalue weighted by Gasteiger charge is 2.07. The Morgan fingerprint density at radius 2 is 1.33 bits per heavy atom. The standard InChI is InChI=1S/C16H19NO4/c17-13-3-7-16(8-4-13)21-11-14(19)10-20-15-5-1-12(9-18)2-6-15/h1-8,14,18-19H,9-11,17H2. The van der Waals surface area contributed by atoms with Gasteiger partial charge in [0, 0.05) is 5.69 Å². The predicted octanol–water partition coefficient (Wildman–Crippen LogP) is 1.58. The van der Waals surface area contributed by atoms with Crippen LogP contribution in [0.2, 0.25) is 0 Å². The number of nitrogen functional groups attached to an aromatic ring is 1. The fourth-order valence-corrected chi connectivity index (χ4v) is 1.69. The normalized spacial score (nSPS) is 11.9. The molecule has 2 rings (SSSR count). The summed E-state index contributed by atoms with van der Waals surface area (Å²) in [5.41, 5.74) is 7.05. The van der Waals surface area contributed by atoms with E-state index in [1.54, 1.807) is 48.5 Å². The maximum atomic E-state index is 9.81. The molecule has 0 fully saturated rings. The van der Waals surface area contributed by atoms with Crippen molar-refractivity contribution in [2.75, 3.05) is 18.9 Å². The summed E-state index contributed by atoms with van der Waals surface area (Å²) < 4.78 is 10.9. The zero-order valence-electron chi connectivity index (χ0n) is 11.6. The average Bonchev–Trinajstić information content (AvgIpc) is 2.53. The zero-order chi connectivity index (χ0) is 15.1. The summed E-state index contributed by atoms with van der Waals surface area (Å²) in [7, 11) is 0. The Balaban J connectivity index is 1.73. The van der Waals surface area contributed by atoms with E-state index in [0.717, 1.165) is 5.56 Å². The molecule has 1 unspecified atom stereocenters. The van der Waals surface area contributed by atoms with Crippen molar-refractivity contribution in [1.82, 2.24) is 0 Å². The SMILES string of the molecule is Nc1ccc(OCC(O)COc2ccc(CO)cc2)cc1. The van der Waals surface area contributed by atoms with Crippen LogP contribution in [0.4, 0.5) is 5.69 Å². The number of anilines is 1. The van der Waals surface area contributed by atoms with Crippen LogP contribution >= 0.6 is 0 Å². The first-order valence-electron chi connectivity index (χ1n) is 6.66. The van der Waals surface area contributed by atoms with E-state index in [1.165, 1.54) is 0 Å². The molecule has 1 atom stereocenters. The summed E-state index contributed by atoms with van der Waals surface area (Å²) in [6.07, 6.45) is -0.736. The van der Waals surface area contributed by atoms with Gasteiger partial charge in [0.15, 0.2) is 0 Å². The molecule has 5 nitrogen and oxygen atoms in total. The van der Waals surface area contributed by atoms with E-state index in [9.17, 15) is 5.11 Å². The minimum absolute atomic E-state index is 0.00165. The monoisotopic (exact) mass is 289 g/mol. The van der Waals surface area contributed by atoms with Crippen LogP contribution in [-0.4, -0.2) is 29.5 Å². The molecule has 0 spiro atoms. The minimum Gasteiger partial charge on any atom is -0.491 e. The maximum absolute atomic E-state index is 9.81. The molecule has 0 amide bonds. The van der Waals surface area contributed by atoms with Gasteiger partial charge < -0.3 is 25.4 Å². The van der Waals surface area contributed by atoms with Crippen molar-refractivity contribution in [3.8, 4) is 11.5 Å². The Bertz CT molecular complexity index is 539. The third-order valence-corrected chi connectivity index (χ3v) is 2.87. The van der Waals surface area contributed by atoms with E-state index in [2.05, 4.69) is 0 Å². The molecule has 0 heterocycles. The second-order valence-corrected chi connectivity index (χ2v) is 4.65. The number of hydrogen-bond acceptors (Lipinski definition) is 5. The molecule has 21 heavy (non-hydrogen) atoms. The highest BCUT2D eigenvalue weighted by atomic mass is 16.5. The highest BCUT2D eigenvalue weighted by Crippen LogP contribution is 2.14. The molecular weight excluding hydrogens is 270 g/mol. The number of aliphatic hydroxyl groups is 2. The van der Waals surface area contributed by atoms with Gasteiger partial charge in [0.25, 0.3) is 0 Å². The van der Waals surface area contributed by atoms with E-state index >= 15 is 0 Å². The number of hydrogen-bond donors (Lipinski definition) is 3. The van der Waals surface area contributed by atoms with Gasteiger partial charge in [0.2, 0.25) is 0 Å². The third-order valence-electron chi connectivity index (χ3n) is 2.87. The van der Waals surface area contributed by atoms with Gasteiger partial charge in [-0.25, -0.2) is 0 Å². The second kappa shape index (κ2) is 7.52. The summed E-state index contributed by atoms with van der Waals surface area (Å²) in [5.74, 6) is 1.29. The van der Waals surface area contributed by atoms with E-state index in [1.807, 2.05) is 0 Å². The van der Waals surface area contributed by atoms with Crippen LogP contribution in [0.5, 0.6) is 11.5 Å². The molecule has 0 saturated carbocycles. The molecule has 0 saturated heterocycles. The van der Waals surface area contributed by atoms with Crippen LogP contribution in [-0.2, 0) is 6.61 Å². The van der Waals surface area contributed by atoms with Crippen LogP contribution in [0, 0.1) is 0 Å².